The van der Waals surface area contributed by atoms with Crippen LogP contribution in [0.5, 0.6) is 0 Å². The summed E-state index contributed by atoms with van der Waals surface area (Å²) in [7, 11) is 0. The quantitative estimate of drug-likeness (QED) is 0.465. The number of amides is 3. The van der Waals surface area contributed by atoms with Gasteiger partial charge < -0.3 is 21.1 Å². The van der Waals surface area contributed by atoms with Crippen molar-refractivity contribution in [1.29, 1.82) is 0 Å². The summed E-state index contributed by atoms with van der Waals surface area (Å²) in [5, 5.41) is 16.7. The van der Waals surface area contributed by atoms with Crippen molar-refractivity contribution in [2.75, 3.05) is 6.54 Å². The van der Waals surface area contributed by atoms with Gasteiger partial charge in [-0.25, -0.2) is 9.59 Å². The molecule has 0 heterocycles. The van der Waals surface area contributed by atoms with Gasteiger partial charge in [-0.1, -0.05) is 13.3 Å². The Kier molecular flexibility index (Phi) is 6.83. The molecule has 4 N–H and O–H groups in total. The maximum absolute atomic E-state index is 11.5. The van der Waals surface area contributed by atoms with E-state index in [0.717, 1.165) is 12.8 Å². The van der Waals surface area contributed by atoms with E-state index in [1.165, 1.54) is 0 Å². The Morgan fingerprint density at radius 2 is 2.00 bits per heavy atom. The second-order valence-electron chi connectivity index (χ2n) is 5.03. The lowest BCUT2D eigenvalue weighted by molar-refractivity contribution is -0.139. The lowest BCUT2D eigenvalue weighted by Crippen LogP contribution is -2.46. The van der Waals surface area contributed by atoms with Gasteiger partial charge in [-0.15, -0.1) is 0 Å². The topological polar surface area (TPSA) is 108 Å². The van der Waals surface area contributed by atoms with Crippen LogP contribution in [0.1, 0.15) is 45.4 Å². The minimum Gasteiger partial charge on any atom is -0.480 e. The number of carbonyl (C=O) groups is 3. The van der Waals surface area contributed by atoms with Crippen LogP contribution in [0, 0.1) is 0 Å². The zero-order valence-electron chi connectivity index (χ0n) is 11.8. The summed E-state index contributed by atoms with van der Waals surface area (Å²) in [6, 6.07) is -1.02. The van der Waals surface area contributed by atoms with Crippen molar-refractivity contribution in [2.24, 2.45) is 0 Å². The van der Waals surface area contributed by atoms with Gasteiger partial charge in [0, 0.05) is 19.0 Å². The predicted octanol–water partition coefficient (Wildman–Crippen LogP) is 0.598. The fraction of sp³-hybridized carbons (Fsp3) is 0.769. The summed E-state index contributed by atoms with van der Waals surface area (Å²) < 4.78 is 0. The second-order valence-corrected chi connectivity index (χ2v) is 5.03. The smallest absolute Gasteiger partial charge is 0.326 e. The van der Waals surface area contributed by atoms with Crippen LogP contribution in [-0.4, -0.2) is 41.6 Å². The van der Waals surface area contributed by atoms with Crippen LogP contribution in [0.4, 0.5) is 4.79 Å². The van der Waals surface area contributed by atoms with Crippen LogP contribution in [0.25, 0.3) is 0 Å². The zero-order chi connectivity index (χ0) is 15.0. The molecule has 1 aliphatic rings. The highest BCUT2D eigenvalue weighted by Crippen LogP contribution is 2.18. The molecule has 3 amide bonds. The van der Waals surface area contributed by atoms with Crippen LogP contribution < -0.4 is 16.0 Å². The van der Waals surface area contributed by atoms with Crippen LogP contribution in [0.3, 0.4) is 0 Å². The molecule has 1 aliphatic carbocycles. The lowest BCUT2D eigenvalue weighted by Gasteiger charge is -2.14. The van der Waals surface area contributed by atoms with Gasteiger partial charge in [-0.05, 0) is 25.7 Å². The van der Waals surface area contributed by atoms with E-state index in [2.05, 4.69) is 16.0 Å². The maximum Gasteiger partial charge on any atom is 0.326 e. The summed E-state index contributed by atoms with van der Waals surface area (Å²) >= 11 is 0. The number of hydrogen-bond donors (Lipinski definition) is 4. The first-order valence-electron chi connectivity index (χ1n) is 7.09. The number of hydrogen-bond acceptors (Lipinski definition) is 3. The summed E-state index contributed by atoms with van der Waals surface area (Å²) in [5.74, 6) is -1.03. The average Bonchev–Trinajstić information content (AvgIpc) is 3.18. The third kappa shape index (κ3) is 6.96. The van der Waals surface area contributed by atoms with Gasteiger partial charge in [0.2, 0.25) is 5.91 Å². The van der Waals surface area contributed by atoms with Crippen molar-refractivity contribution in [2.45, 2.75) is 57.5 Å². The molecule has 0 bridgehead atoms. The minimum atomic E-state index is -1.04. The Hall–Kier alpha value is -1.79. The van der Waals surface area contributed by atoms with Crippen LogP contribution in [0.15, 0.2) is 0 Å². The summed E-state index contributed by atoms with van der Waals surface area (Å²) in [6.07, 6.45) is 4.09. The molecular formula is C13H23N3O4. The van der Waals surface area contributed by atoms with E-state index >= 15 is 0 Å². The molecular weight excluding hydrogens is 262 g/mol. The molecule has 1 saturated carbocycles. The lowest BCUT2D eigenvalue weighted by atomic mass is 10.2. The van der Waals surface area contributed by atoms with E-state index in [9.17, 15) is 14.4 Å². The number of urea groups is 1. The van der Waals surface area contributed by atoms with E-state index in [-0.39, 0.29) is 5.91 Å². The molecule has 1 atom stereocenters. The first-order valence-corrected chi connectivity index (χ1v) is 7.09. The Balaban J connectivity index is 2.08. The van der Waals surface area contributed by atoms with E-state index in [1.54, 1.807) is 0 Å². The van der Waals surface area contributed by atoms with E-state index in [0.29, 0.717) is 38.3 Å². The molecule has 0 aliphatic heterocycles. The third-order valence-corrected chi connectivity index (χ3v) is 2.99. The minimum absolute atomic E-state index is 0.00380. The number of rotatable bonds is 9. The molecule has 1 rings (SSSR count). The fourth-order valence-corrected chi connectivity index (χ4v) is 1.73. The summed E-state index contributed by atoms with van der Waals surface area (Å²) in [4.78, 5) is 33.7. The fourth-order valence-electron chi connectivity index (χ4n) is 1.73. The van der Waals surface area contributed by atoms with Crippen molar-refractivity contribution in [3.8, 4) is 0 Å². The molecule has 0 saturated heterocycles. The highest BCUT2D eigenvalue weighted by atomic mass is 16.4. The molecule has 114 valence electrons. The van der Waals surface area contributed by atoms with Crippen molar-refractivity contribution in [1.82, 2.24) is 16.0 Å². The Labute approximate surface area is 118 Å². The molecule has 7 nitrogen and oxygen atoms in total. The first-order chi connectivity index (χ1) is 9.52. The molecule has 0 aromatic carbocycles. The van der Waals surface area contributed by atoms with Gasteiger partial charge in [0.05, 0.1) is 0 Å². The first kappa shape index (κ1) is 16.3. The molecule has 20 heavy (non-hydrogen) atoms. The number of nitrogens with one attached hydrogen (secondary N) is 3. The predicted molar refractivity (Wildman–Crippen MR) is 73.3 cm³/mol. The SMILES string of the molecule is CCC[C@H](NC(=O)NCCCC(=O)NC1CC1)C(=O)O. The largest absolute Gasteiger partial charge is 0.480 e. The normalized spacial score (nSPS) is 15.2. The summed E-state index contributed by atoms with van der Waals surface area (Å²) in [5.41, 5.74) is 0. The zero-order valence-corrected chi connectivity index (χ0v) is 11.8. The van der Waals surface area contributed by atoms with Gasteiger partial charge in [-0.3, -0.25) is 4.79 Å². The average molecular weight is 285 g/mol. The monoisotopic (exact) mass is 285 g/mol. The van der Waals surface area contributed by atoms with Crippen LogP contribution in [-0.2, 0) is 9.59 Å². The Morgan fingerprint density at radius 3 is 2.55 bits per heavy atom. The Morgan fingerprint density at radius 1 is 1.30 bits per heavy atom. The number of carbonyl (C=O) groups excluding carboxylic acids is 2. The van der Waals surface area contributed by atoms with Gasteiger partial charge >= 0.3 is 12.0 Å². The van der Waals surface area contributed by atoms with Gasteiger partial charge in [0.25, 0.3) is 0 Å². The second kappa shape index (κ2) is 8.39. The van der Waals surface area contributed by atoms with Crippen LogP contribution in [0.2, 0.25) is 0 Å². The van der Waals surface area contributed by atoms with Crippen molar-refractivity contribution in [3.63, 3.8) is 0 Å². The standard InChI is InChI=1S/C13H23N3O4/c1-2-4-10(12(18)19)16-13(20)14-8-3-5-11(17)15-9-6-7-9/h9-10H,2-8H2,1H3,(H,15,17)(H,18,19)(H2,14,16,20)/t10-/m0/s1. The molecule has 0 spiro atoms. The third-order valence-electron chi connectivity index (χ3n) is 2.99. The number of carboxylic acids is 1. The van der Waals surface area contributed by atoms with E-state index in [4.69, 9.17) is 5.11 Å². The van der Waals surface area contributed by atoms with Crippen molar-refractivity contribution in [3.05, 3.63) is 0 Å². The van der Waals surface area contributed by atoms with Crippen LogP contribution >= 0.6 is 0 Å². The van der Waals surface area contributed by atoms with Gasteiger partial charge in [0.15, 0.2) is 0 Å². The van der Waals surface area contributed by atoms with Crippen molar-refractivity contribution >= 4 is 17.9 Å². The molecule has 0 aromatic heterocycles. The summed E-state index contributed by atoms with van der Waals surface area (Å²) in [6.45, 7) is 2.20. The molecule has 0 radical (unpaired) electrons. The van der Waals surface area contributed by atoms with Gasteiger partial charge in [-0.2, -0.15) is 0 Å². The maximum atomic E-state index is 11.5. The van der Waals surface area contributed by atoms with Gasteiger partial charge in [0.1, 0.15) is 6.04 Å². The molecule has 0 aromatic rings. The highest BCUT2D eigenvalue weighted by Gasteiger charge is 2.22. The van der Waals surface area contributed by atoms with E-state index in [1.807, 2.05) is 6.92 Å². The molecule has 0 unspecified atom stereocenters. The number of aliphatic carboxylic acids is 1. The van der Waals surface area contributed by atoms with E-state index < -0.39 is 18.0 Å². The highest BCUT2D eigenvalue weighted by molar-refractivity contribution is 5.82. The Bertz CT molecular complexity index is 356. The molecule has 7 heteroatoms. The molecule has 1 fully saturated rings. The van der Waals surface area contributed by atoms with Crippen molar-refractivity contribution < 1.29 is 19.5 Å². The number of carboxylic acid groups (broad SMARTS) is 1.